The molecule has 0 aliphatic carbocycles. The fourth-order valence-electron chi connectivity index (χ4n) is 1.18. The van der Waals surface area contributed by atoms with Gasteiger partial charge in [0.05, 0.1) is 5.56 Å². The van der Waals surface area contributed by atoms with Crippen LogP contribution in [0.4, 0.5) is 0 Å². The van der Waals surface area contributed by atoms with Crippen molar-refractivity contribution >= 4 is 44.4 Å². The molecular formula is C12H15BrINO. The predicted octanol–water partition coefficient (Wildman–Crippen LogP) is 3.83. The average Bonchev–Trinajstić information content (AvgIpc) is 2.28. The standard InChI is InChI=1S/C12H15BrINO/c1-3-8(2)7-15-12(16)10-6-9(13)4-5-11(10)14/h4-6,8H,3,7H2,1-2H3,(H,15,16). The van der Waals surface area contributed by atoms with Crippen LogP contribution in [0.25, 0.3) is 0 Å². The van der Waals surface area contributed by atoms with Gasteiger partial charge in [-0.25, -0.2) is 0 Å². The van der Waals surface area contributed by atoms with Gasteiger partial charge in [0.1, 0.15) is 0 Å². The average molecular weight is 396 g/mol. The number of hydrogen-bond donors (Lipinski definition) is 1. The Morgan fingerprint density at radius 3 is 2.88 bits per heavy atom. The normalized spacial score (nSPS) is 12.2. The second kappa shape index (κ2) is 6.59. The summed E-state index contributed by atoms with van der Waals surface area (Å²) in [6, 6.07) is 5.73. The highest BCUT2D eigenvalue weighted by molar-refractivity contribution is 14.1. The number of amides is 1. The van der Waals surface area contributed by atoms with Gasteiger partial charge in [-0.2, -0.15) is 0 Å². The Balaban J connectivity index is 2.69. The van der Waals surface area contributed by atoms with Crippen LogP contribution in [0.3, 0.4) is 0 Å². The molecule has 1 aromatic carbocycles. The Hall–Kier alpha value is -0.100. The third-order valence-electron chi connectivity index (χ3n) is 2.48. The maximum Gasteiger partial charge on any atom is 0.252 e. The number of nitrogens with one attached hydrogen (secondary N) is 1. The lowest BCUT2D eigenvalue weighted by molar-refractivity contribution is 0.0947. The van der Waals surface area contributed by atoms with Crippen LogP contribution >= 0.6 is 38.5 Å². The van der Waals surface area contributed by atoms with Gasteiger partial charge < -0.3 is 5.32 Å². The number of halogens is 2. The van der Waals surface area contributed by atoms with E-state index < -0.39 is 0 Å². The van der Waals surface area contributed by atoms with Crippen LogP contribution in [0.1, 0.15) is 30.6 Å². The Bertz CT molecular complexity index is 381. The minimum Gasteiger partial charge on any atom is -0.352 e. The fourth-order valence-corrected chi connectivity index (χ4v) is 2.12. The van der Waals surface area contributed by atoms with E-state index in [0.29, 0.717) is 5.92 Å². The van der Waals surface area contributed by atoms with Gasteiger partial charge in [-0.1, -0.05) is 36.2 Å². The van der Waals surface area contributed by atoms with Crippen molar-refractivity contribution in [1.29, 1.82) is 0 Å². The molecule has 0 aromatic heterocycles. The first kappa shape index (κ1) is 14.0. The van der Waals surface area contributed by atoms with Gasteiger partial charge in [0.2, 0.25) is 0 Å². The highest BCUT2D eigenvalue weighted by Gasteiger charge is 2.10. The summed E-state index contributed by atoms with van der Waals surface area (Å²) in [5, 5.41) is 2.95. The zero-order chi connectivity index (χ0) is 12.1. The first-order chi connectivity index (χ1) is 7.54. The molecule has 0 saturated carbocycles. The Morgan fingerprint density at radius 1 is 1.56 bits per heavy atom. The number of rotatable bonds is 4. The van der Waals surface area contributed by atoms with Crippen molar-refractivity contribution < 1.29 is 4.79 Å². The smallest absolute Gasteiger partial charge is 0.252 e. The summed E-state index contributed by atoms with van der Waals surface area (Å²) in [5.41, 5.74) is 0.735. The van der Waals surface area contributed by atoms with Crippen molar-refractivity contribution in [1.82, 2.24) is 5.32 Å². The summed E-state index contributed by atoms with van der Waals surface area (Å²) in [6.07, 6.45) is 1.08. The van der Waals surface area contributed by atoms with E-state index >= 15 is 0 Å². The van der Waals surface area contributed by atoms with Crippen LogP contribution in [0, 0.1) is 9.49 Å². The monoisotopic (exact) mass is 395 g/mol. The van der Waals surface area contributed by atoms with Crippen molar-refractivity contribution in [2.45, 2.75) is 20.3 Å². The molecule has 1 rings (SSSR count). The molecule has 1 atom stereocenters. The molecule has 1 unspecified atom stereocenters. The molecule has 88 valence electrons. The SMILES string of the molecule is CCC(C)CNC(=O)c1cc(Br)ccc1I. The lowest BCUT2D eigenvalue weighted by Crippen LogP contribution is -2.28. The summed E-state index contributed by atoms with van der Waals surface area (Å²) >= 11 is 5.55. The lowest BCUT2D eigenvalue weighted by atomic mass is 10.1. The van der Waals surface area contributed by atoms with E-state index in [9.17, 15) is 4.79 Å². The summed E-state index contributed by atoms with van der Waals surface area (Å²) in [5.74, 6) is 0.528. The van der Waals surface area contributed by atoms with E-state index in [1.54, 1.807) is 0 Å². The van der Waals surface area contributed by atoms with Gasteiger partial charge in [-0.3, -0.25) is 4.79 Å². The highest BCUT2D eigenvalue weighted by atomic mass is 127. The summed E-state index contributed by atoms with van der Waals surface area (Å²) < 4.78 is 1.91. The molecule has 2 nitrogen and oxygen atoms in total. The predicted molar refractivity (Wildman–Crippen MR) is 78.6 cm³/mol. The van der Waals surface area contributed by atoms with Crippen molar-refractivity contribution in [2.75, 3.05) is 6.54 Å². The van der Waals surface area contributed by atoms with Gasteiger partial charge in [0, 0.05) is 14.6 Å². The van der Waals surface area contributed by atoms with Crippen LogP contribution in [-0.2, 0) is 0 Å². The number of benzene rings is 1. The molecule has 1 aromatic rings. The second-order valence-electron chi connectivity index (χ2n) is 3.85. The van der Waals surface area contributed by atoms with Crippen LogP contribution < -0.4 is 5.32 Å². The van der Waals surface area contributed by atoms with E-state index in [1.807, 2.05) is 18.2 Å². The fraction of sp³-hybridized carbons (Fsp3) is 0.417. The Morgan fingerprint density at radius 2 is 2.25 bits per heavy atom. The van der Waals surface area contributed by atoms with Gasteiger partial charge in [-0.15, -0.1) is 0 Å². The minimum atomic E-state index is 0.00556. The lowest BCUT2D eigenvalue weighted by Gasteiger charge is -2.11. The van der Waals surface area contributed by atoms with Crippen LogP contribution in [0.5, 0.6) is 0 Å². The molecule has 1 amide bonds. The van der Waals surface area contributed by atoms with E-state index in [-0.39, 0.29) is 5.91 Å². The van der Waals surface area contributed by atoms with Crippen molar-refractivity contribution in [3.63, 3.8) is 0 Å². The van der Waals surface area contributed by atoms with E-state index in [4.69, 9.17) is 0 Å². The van der Waals surface area contributed by atoms with E-state index in [2.05, 4.69) is 57.7 Å². The van der Waals surface area contributed by atoms with E-state index in [1.165, 1.54) is 0 Å². The maximum absolute atomic E-state index is 11.9. The van der Waals surface area contributed by atoms with Gasteiger partial charge in [0.15, 0.2) is 0 Å². The third-order valence-corrected chi connectivity index (χ3v) is 3.91. The zero-order valence-corrected chi connectivity index (χ0v) is 13.1. The van der Waals surface area contributed by atoms with Crippen LogP contribution in [-0.4, -0.2) is 12.5 Å². The molecule has 0 saturated heterocycles. The van der Waals surface area contributed by atoms with Crippen molar-refractivity contribution in [3.05, 3.63) is 31.8 Å². The molecule has 0 heterocycles. The second-order valence-corrected chi connectivity index (χ2v) is 5.93. The number of carbonyl (C=O) groups is 1. The van der Waals surface area contributed by atoms with Gasteiger partial charge in [0.25, 0.3) is 5.91 Å². The highest BCUT2D eigenvalue weighted by Crippen LogP contribution is 2.18. The summed E-state index contributed by atoms with van der Waals surface area (Å²) in [6.45, 7) is 4.99. The molecule has 0 fully saturated rings. The molecule has 0 spiro atoms. The first-order valence-corrected chi connectivity index (χ1v) is 7.15. The minimum absolute atomic E-state index is 0.00556. The van der Waals surface area contributed by atoms with Crippen LogP contribution in [0.15, 0.2) is 22.7 Å². The first-order valence-electron chi connectivity index (χ1n) is 5.27. The summed E-state index contributed by atoms with van der Waals surface area (Å²) in [4.78, 5) is 11.9. The molecule has 0 aliphatic rings. The molecule has 0 radical (unpaired) electrons. The van der Waals surface area contributed by atoms with Gasteiger partial charge in [-0.05, 0) is 46.7 Å². The molecule has 0 aliphatic heterocycles. The van der Waals surface area contributed by atoms with Crippen molar-refractivity contribution in [2.24, 2.45) is 5.92 Å². The van der Waals surface area contributed by atoms with Crippen LogP contribution in [0.2, 0.25) is 0 Å². The molecule has 4 heteroatoms. The molecule has 1 N–H and O–H groups in total. The third kappa shape index (κ3) is 4.05. The molecular weight excluding hydrogens is 381 g/mol. The Labute approximate surface area is 118 Å². The van der Waals surface area contributed by atoms with Gasteiger partial charge >= 0.3 is 0 Å². The number of hydrogen-bond acceptors (Lipinski definition) is 1. The quantitative estimate of drug-likeness (QED) is 0.771. The maximum atomic E-state index is 11.9. The van der Waals surface area contributed by atoms with Crippen molar-refractivity contribution in [3.8, 4) is 0 Å². The molecule has 0 bridgehead atoms. The zero-order valence-electron chi connectivity index (χ0n) is 9.39. The number of carbonyl (C=O) groups excluding carboxylic acids is 1. The Kier molecular flexibility index (Phi) is 5.75. The largest absolute Gasteiger partial charge is 0.352 e. The topological polar surface area (TPSA) is 29.1 Å². The van der Waals surface area contributed by atoms with E-state index in [0.717, 1.165) is 26.6 Å². The summed E-state index contributed by atoms with van der Waals surface area (Å²) in [7, 11) is 0. The molecule has 16 heavy (non-hydrogen) atoms.